The minimum Gasteiger partial charge on any atom is -0.490 e. The number of hydrogen-bond donors (Lipinski definition) is 3. The number of rotatable bonds is 9. The van der Waals surface area contributed by atoms with Crippen LogP contribution in [0.5, 0.6) is 17.2 Å². The Morgan fingerprint density at radius 2 is 1.77 bits per heavy atom. The number of para-hydroxylation sites is 1. The molecule has 0 fully saturated rings. The molecule has 1 atom stereocenters. The molecule has 0 aliphatic carbocycles. The van der Waals surface area contributed by atoms with E-state index in [0.29, 0.717) is 35.1 Å². The lowest BCUT2D eigenvalue weighted by atomic mass is 10.1. The van der Waals surface area contributed by atoms with E-state index in [-0.39, 0.29) is 5.56 Å². The van der Waals surface area contributed by atoms with Crippen molar-refractivity contribution in [3.05, 3.63) is 83.9 Å². The van der Waals surface area contributed by atoms with Gasteiger partial charge in [-0.1, -0.05) is 30.3 Å². The lowest BCUT2D eigenvalue weighted by molar-refractivity contribution is -0.138. The first-order chi connectivity index (χ1) is 14.5. The molecular formula is C23H22N2O5. The summed E-state index contributed by atoms with van der Waals surface area (Å²) in [4.78, 5) is 23.3. The Bertz CT molecular complexity index is 1040. The van der Waals surface area contributed by atoms with Crippen LogP contribution in [-0.4, -0.2) is 23.6 Å². The van der Waals surface area contributed by atoms with E-state index in [2.05, 4.69) is 5.32 Å². The number of carboxylic acid groups (broad SMARTS) is 1. The van der Waals surface area contributed by atoms with Gasteiger partial charge in [0.1, 0.15) is 5.75 Å². The van der Waals surface area contributed by atoms with Crippen LogP contribution >= 0.6 is 0 Å². The molecule has 3 aromatic rings. The van der Waals surface area contributed by atoms with E-state index < -0.39 is 17.9 Å². The Morgan fingerprint density at radius 1 is 1.00 bits per heavy atom. The summed E-state index contributed by atoms with van der Waals surface area (Å²) in [7, 11) is 0. The summed E-state index contributed by atoms with van der Waals surface area (Å²) < 4.78 is 11.5. The Morgan fingerprint density at radius 3 is 2.43 bits per heavy atom. The van der Waals surface area contributed by atoms with Crippen LogP contribution in [0.1, 0.15) is 28.9 Å². The zero-order chi connectivity index (χ0) is 21.5. The fourth-order valence-corrected chi connectivity index (χ4v) is 2.89. The topological polar surface area (TPSA) is 111 Å². The molecule has 154 valence electrons. The van der Waals surface area contributed by atoms with Crippen LogP contribution in [0.25, 0.3) is 0 Å². The monoisotopic (exact) mass is 406 g/mol. The van der Waals surface area contributed by atoms with E-state index in [1.807, 2.05) is 37.3 Å². The average Bonchev–Trinajstić information content (AvgIpc) is 2.74. The van der Waals surface area contributed by atoms with Crippen molar-refractivity contribution in [2.75, 3.05) is 11.9 Å². The number of carbonyl (C=O) groups excluding carboxylic acids is 1. The number of nitrogens with one attached hydrogen (secondary N) is 1. The van der Waals surface area contributed by atoms with E-state index in [4.69, 9.17) is 15.2 Å². The van der Waals surface area contributed by atoms with Crippen LogP contribution in [0.2, 0.25) is 0 Å². The van der Waals surface area contributed by atoms with Crippen molar-refractivity contribution in [2.24, 2.45) is 5.73 Å². The van der Waals surface area contributed by atoms with Gasteiger partial charge in [0.2, 0.25) is 5.91 Å². The largest absolute Gasteiger partial charge is 0.490 e. The first-order valence-corrected chi connectivity index (χ1v) is 9.36. The third-order valence-corrected chi connectivity index (χ3v) is 4.28. The molecule has 0 aromatic heterocycles. The standard InChI is InChI=1S/C23H22N2O5/c1-2-29-20-14-15(11-12-19(20)30-18-9-4-3-5-10-18)21(23(27)28)25-17-8-6-7-16(13-17)22(24)26/h3-14,21,25H,2H2,1H3,(H2,24,26)(H,27,28). The van der Waals surface area contributed by atoms with Gasteiger partial charge in [0.15, 0.2) is 17.5 Å². The molecule has 3 rings (SSSR count). The van der Waals surface area contributed by atoms with Gasteiger partial charge in [0.25, 0.3) is 0 Å². The van der Waals surface area contributed by atoms with Gasteiger partial charge in [-0.2, -0.15) is 0 Å². The molecule has 7 nitrogen and oxygen atoms in total. The SMILES string of the molecule is CCOc1cc(C(Nc2cccc(C(N)=O)c2)C(=O)O)ccc1Oc1ccccc1. The molecule has 0 aliphatic heterocycles. The Hall–Kier alpha value is -4.00. The molecule has 0 spiro atoms. The van der Waals surface area contributed by atoms with Crippen molar-refractivity contribution >= 4 is 17.6 Å². The van der Waals surface area contributed by atoms with Gasteiger partial charge < -0.3 is 25.6 Å². The molecule has 0 radical (unpaired) electrons. The van der Waals surface area contributed by atoms with Crippen molar-refractivity contribution in [1.82, 2.24) is 0 Å². The van der Waals surface area contributed by atoms with Gasteiger partial charge in [-0.15, -0.1) is 0 Å². The maximum atomic E-state index is 11.9. The highest BCUT2D eigenvalue weighted by Gasteiger charge is 2.22. The highest BCUT2D eigenvalue weighted by atomic mass is 16.5. The molecule has 3 aromatic carbocycles. The third-order valence-electron chi connectivity index (χ3n) is 4.28. The Kier molecular flexibility index (Phi) is 6.54. The summed E-state index contributed by atoms with van der Waals surface area (Å²) in [6, 6.07) is 19.5. The maximum Gasteiger partial charge on any atom is 0.330 e. The molecule has 0 saturated heterocycles. The second-order valence-electron chi connectivity index (χ2n) is 6.41. The van der Waals surface area contributed by atoms with Crippen molar-refractivity contribution < 1.29 is 24.2 Å². The molecule has 30 heavy (non-hydrogen) atoms. The van der Waals surface area contributed by atoms with E-state index in [1.165, 1.54) is 6.07 Å². The molecule has 0 aliphatic rings. The number of primary amides is 1. The number of hydrogen-bond acceptors (Lipinski definition) is 5. The van der Waals surface area contributed by atoms with Gasteiger partial charge in [0, 0.05) is 11.3 Å². The van der Waals surface area contributed by atoms with Crippen LogP contribution in [0.4, 0.5) is 5.69 Å². The number of carbonyl (C=O) groups is 2. The quantitative estimate of drug-likeness (QED) is 0.491. The number of nitrogens with two attached hydrogens (primary N) is 1. The van der Waals surface area contributed by atoms with Gasteiger partial charge >= 0.3 is 5.97 Å². The second-order valence-corrected chi connectivity index (χ2v) is 6.41. The van der Waals surface area contributed by atoms with Crippen LogP contribution in [0.3, 0.4) is 0 Å². The molecule has 1 amide bonds. The summed E-state index contributed by atoms with van der Waals surface area (Å²) >= 11 is 0. The smallest absolute Gasteiger partial charge is 0.330 e. The van der Waals surface area contributed by atoms with Gasteiger partial charge in [-0.05, 0) is 55.0 Å². The number of carboxylic acids is 1. The number of amides is 1. The molecule has 0 bridgehead atoms. The van der Waals surface area contributed by atoms with Crippen LogP contribution < -0.4 is 20.5 Å². The zero-order valence-electron chi connectivity index (χ0n) is 16.4. The average molecular weight is 406 g/mol. The predicted molar refractivity (Wildman–Crippen MR) is 113 cm³/mol. The summed E-state index contributed by atoms with van der Waals surface area (Å²) in [5.74, 6) is -0.128. The Balaban J connectivity index is 1.90. The molecule has 1 unspecified atom stereocenters. The number of ether oxygens (including phenoxy) is 2. The zero-order valence-corrected chi connectivity index (χ0v) is 16.4. The summed E-state index contributed by atoms with van der Waals surface area (Å²) in [5.41, 5.74) is 6.52. The van der Waals surface area contributed by atoms with Gasteiger partial charge in [0.05, 0.1) is 6.61 Å². The fourth-order valence-electron chi connectivity index (χ4n) is 2.89. The van der Waals surface area contributed by atoms with Crippen molar-refractivity contribution in [2.45, 2.75) is 13.0 Å². The second kappa shape index (κ2) is 9.47. The highest BCUT2D eigenvalue weighted by molar-refractivity contribution is 5.94. The molecule has 0 saturated carbocycles. The lowest BCUT2D eigenvalue weighted by Crippen LogP contribution is -2.21. The molecule has 7 heteroatoms. The number of aliphatic carboxylic acids is 1. The number of benzene rings is 3. The van der Waals surface area contributed by atoms with Gasteiger partial charge in [-0.3, -0.25) is 4.79 Å². The van der Waals surface area contributed by atoms with Crippen LogP contribution in [-0.2, 0) is 4.79 Å². The minimum absolute atomic E-state index is 0.283. The first kappa shape index (κ1) is 20.7. The minimum atomic E-state index is -1.08. The highest BCUT2D eigenvalue weighted by Crippen LogP contribution is 2.35. The summed E-state index contributed by atoms with van der Waals surface area (Å²) in [6.45, 7) is 2.22. The van der Waals surface area contributed by atoms with E-state index in [1.54, 1.807) is 36.4 Å². The summed E-state index contributed by atoms with van der Waals surface area (Å²) in [6.07, 6.45) is 0. The van der Waals surface area contributed by atoms with Crippen molar-refractivity contribution in [3.8, 4) is 17.2 Å². The fraction of sp³-hybridized carbons (Fsp3) is 0.130. The number of anilines is 1. The Labute approximate surface area is 174 Å². The molecule has 4 N–H and O–H groups in total. The normalized spacial score (nSPS) is 11.4. The van der Waals surface area contributed by atoms with Crippen molar-refractivity contribution in [3.63, 3.8) is 0 Å². The van der Waals surface area contributed by atoms with E-state index >= 15 is 0 Å². The first-order valence-electron chi connectivity index (χ1n) is 9.36. The van der Waals surface area contributed by atoms with Crippen LogP contribution in [0, 0.1) is 0 Å². The van der Waals surface area contributed by atoms with E-state index in [9.17, 15) is 14.7 Å². The predicted octanol–water partition coefficient (Wildman–Crippen LogP) is 4.21. The summed E-state index contributed by atoms with van der Waals surface area (Å²) in [5, 5.41) is 12.7. The van der Waals surface area contributed by atoms with Gasteiger partial charge in [-0.25, -0.2) is 4.79 Å². The van der Waals surface area contributed by atoms with Crippen molar-refractivity contribution in [1.29, 1.82) is 0 Å². The maximum absolute atomic E-state index is 11.9. The third kappa shape index (κ3) is 5.08. The molecular weight excluding hydrogens is 384 g/mol. The lowest BCUT2D eigenvalue weighted by Gasteiger charge is -2.19. The van der Waals surface area contributed by atoms with Crippen LogP contribution in [0.15, 0.2) is 72.8 Å². The molecule has 0 heterocycles. The van der Waals surface area contributed by atoms with E-state index in [0.717, 1.165) is 0 Å².